The van der Waals surface area contributed by atoms with Crippen molar-refractivity contribution in [3.05, 3.63) is 72.3 Å². The molecule has 2 amide bonds. The zero-order chi connectivity index (χ0) is 19.4. The van der Waals surface area contributed by atoms with Crippen molar-refractivity contribution in [3.63, 3.8) is 0 Å². The van der Waals surface area contributed by atoms with E-state index < -0.39 is 6.10 Å². The quantitative estimate of drug-likeness (QED) is 0.645. The molecule has 2 aromatic carbocycles. The fraction of sp³-hybridized carbons (Fsp3) is 0.182. The smallest absolute Gasteiger partial charge is 0.268 e. The van der Waals surface area contributed by atoms with Crippen LogP contribution in [0.3, 0.4) is 0 Å². The van der Waals surface area contributed by atoms with Crippen LogP contribution in [0.4, 0.5) is 11.4 Å². The van der Waals surface area contributed by atoms with E-state index in [9.17, 15) is 9.59 Å². The van der Waals surface area contributed by atoms with Gasteiger partial charge in [0.25, 0.3) is 5.91 Å². The number of carbonyl (C=O) groups is 2. The zero-order valence-corrected chi connectivity index (χ0v) is 15.4. The van der Waals surface area contributed by atoms with Gasteiger partial charge >= 0.3 is 0 Å². The lowest BCUT2D eigenvalue weighted by Crippen LogP contribution is -2.45. The standard InChI is InChI=1S/C22H22N2O3/c1-15(2)14-24-19-11-10-18(13-20(19)27-16(3)22(24)26)23-21(25)12-9-17-7-5-4-6-8-17/h4-13,16H,1,14H2,2-3H3,(H,23,25)/b12-9+. The SMILES string of the molecule is C=C(C)CN1C(=O)C(C)Oc2cc(NC(=O)/C=C/c3ccccc3)ccc21. The molecule has 0 spiro atoms. The molecule has 1 N–H and O–H groups in total. The summed E-state index contributed by atoms with van der Waals surface area (Å²) >= 11 is 0. The third kappa shape index (κ3) is 4.44. The topological polar surface area (TPSA) is 58.6 Å². The molecule has 3 rings (SSSR count). The van der Waals surface area contributed by atoms with Crippen LogP contribution in [0.5, 0.6) is 5.75 Å². The van der Waals surface area contributed by atoms with Crippen LogP contribution in [-0.2, 0) is 9.59 Å². The van der Waals surface area contributed by atoms with Crippen molar-refractivity contribution < 1.29 is 14.3 Å². The lowest BCUT2D eigenvalue weighted by molar-refractivity contribution is -0.125. The number of fused-ring (bicyclic) bond motifs is 1. The minimum Gasteiger partial charge on any atom is -0.479 e. The van der Waals surface area contributed by atoms with E-state index in [0.717, 1.165) is 11.1 Å². The Labute approximate surface area is 158 Å². The van der Waals surface area contributed by atoms with Gasteiger partial charge in [-0.2, -0.15) is 0 Å². The molecule has 0 aromatic heterocycles. The molecular weight excluding hydrogens is 340 g/mol. The normalized spacial score (nSPS) is 16.0. The van der Waals surface area contributed by atoms with Crippen LogP contribution in [-0.4, -0.2) is 24.5 Å². The molecular formula is C22H22N2O3. The number of amides is 2. The Hall–Kier alpha value is -3.34. The van der Waals surface area contributed by atoms with Gasteiger partial charge in [-0.3, -0.25) is 9.59 Å². The first-order valence-electron chi connectivity index (χ1n) is 8.74. The van der Waals surface area contributed by atoms with E-state index in [-0.39, 0.29) is 11.8 Å². The van der Waals surface area contributed by atoms with Crippen molar-refractivity contribution >= 4 is 29.3 Å². The van der Waals surface area contributed by atoms with Crippen molar-refractivity contribution in [2.24, 2.45) is 0 Å². The van der Waals surface area contributed by atoms with Crippen LogP contribution in [0, 0.1) is 0 Å². The fourth-order valence-electron chi connectivity index (χ4n) is 2.84. The second kappa shape index (κ2) is 7.91. The summed E-state index contributed by atoms with van der Waals surface area (Å²) in [7, 11) is 0. The molecule has 1 heterocycles. The van der Waals surface area contributed by atoms with Crippen molar-refractivity contribution in [2.45, 2.75) is 20.0 Å². The van der Waals surface area contributed by atoms with Crippen LogP contribution in [0.1, 0.15) is 19.4 Å². The number of benzene rings is 2. The lowest BCUT2D eigenvalue weighted by atomic mass is 10.1. The monoisotopic (exact) mass is 362 g/mol. The molecule has 1 unspecified atom stereocenters. The van der Waals surface area contributed by atoms with Gasteiger partial charge < -0.3 is 15.0 Å². The Morgan fingerprint density at radius 3 is 2.70 bits per heavy atom. The lowest BCUT2D eigenvalue weighted by Gasteiger charge is -2.33. The second-order valence-corrected chi connectivity index (χ2v) is 6.56. The third-order valence-electron chi connectivity index (χ3n) is 4.09. The van der Waals surface area contributed by atoms with Crippen LogP contribution < -0.4 is 15.0 Å². The molecule has 0 saturated carbocycles. The number of rotatable bonds is 5. The molecule has 1 aliphatic rings. The summed E-state index contributed by atoms with van der Waals surface area (Å²) in [5.41, 5.74) is 3.11. The zero-order valence-electron chi connectivity index (χ0n) is 15.4. The number of nitrogens with one attached hydrogen (secondary N) is 1. The van der Waals surface area contributed by atoms with Gasteiger partial charge in [-0.15, -0.1) is 0 Å². The third-order valence-corrected chi connectivity index (χ3v) is 4.09. The van der Waals surface area contributed by atoms with Crippen molar-refractivity contribution in [2.75, 3.05) is 16.8 Å². The van der Waals surface area contributed by atoms with E-state index in [0.29, 0.717) is 23.7 Å². The molecule has 2 aromatic rings. The van der Waals surface area contributed by atoms with E-state index in [2.05, 4.69) is 11.9 Å². The number of ether oxygens (including phenoxy) is 1. The summed E-state index contributed by atoms with van der Waals surface area (Å²) in [5.74, 6) is 0.221. The summed E-state index contributed by atoms with van der Waals surface area (Å²) in [6, 6.07) is 14.9. The number of nitrogens with zero attached hydrogens (tertiary/aromatic N) is 1. The molecule has 0 saturated heterocycles. The van der Waals surface area contributed by atoms with Gasteiger partial charge in [0.2, 0.25) is 5.91 Å². The summed E-state index contributed by atoms with van der Waals surface area (Å²) in [4.78, 5) is 26.2. The van der Waals surface area contributed by atoms with Gasteiger partial charge in [0.15, 0.2) is 6.10 Å². The molecule has 0 bridgehead atoms. The van der Waals surface area contributed by atoms with Crippen molar-refractivity contribution in [3.8, 4) is 5.75 Å². The van der Waals surface area contributed by atoms with E-state index in [1.54, 1.807) is 36.1 Å². The molecule has 5 nitrogen and oxygen atoms in total. The first-order chi connectivity index (χ1) is 12.9. The van der Waals surface area contributed by atoms with Gasteiger partial charge in [0.1, 0.15) is 5.75 Å². The van der Waals surface area contributed by atoms with Crippen LogP contribution >= 0.6 is 0 Å². The molecule has 0 fully saturated rings. The average molecular weight is 362 g/mol. The Morgan fingerprint density at radius 2 is 2.00 bits per heavy atom. The number of hydrogen-bond donors (Lipinski definition) is 1. The summed E-state index contributed by atoms with van der Waals surface area (Å²) in [6.07, 6.45) is 2.65. The summed E-state index contributed by atoms with van der Waals surface area (Å²) in [5, 5.41) is 2.82. The van der Waals surface area contributed by atoms with Gasteiger partial charge in [0, 0.05) is 24.4 Å². The minimum absolute atomic E-state index is 0.104. The molecule has 1 aliphatic heterocycles. The van der Waals surface area contributed by atoms with Crippen molar-refractivity contribution in [1.29, 1.82) is 0 Å². The van der Waals surface area contributed by atoms with E-state index in [1.165, 1.54) is 6.08 Å². The highest BCUT2D eigenvalue weighted by molar-refractivity contribution is 6.03. The van der Waals surface area contributed by atoms with Crippen LogP contribution in [0.25, 0.3) is 6.08 Å². The summed E-state index contributed by atoms with van der Waals surface area (Å²) in [6.45, 7) is 7.91. The van der Waals surface area contributed by atoms with Crippen molar-refractivity contribution in [1.82, 2.24) is 0 Å². The Morgan fingerprint density at radius 1 is 1.26 bits per heavy atom. The van der Waals surface area contributed by atoms with E-state index in [4.69, 9.17) is 4.74 Å². The van der Waals surface area contributed by atoms with Gasteiger partial charge in [-0.25, -0.2) is 0 Å². The van der Waals surface area contributed by atoms with E-state index >= 15 is 0 Å². The highest BCUT2D eigenvalue weighted by Gasteiger charge is 2.31. The molecule has 27 heavy (non-hydrogen) atoms. The van der Waals surface area contributed by atoms with Gasteiger partial charge in [0.05, 0.1) is 5.69 Å². The Balaban J connectivity index is 1.76. The number of hydrogen-bond acceptors (Lipinski definition) is 3. The largest absolute Gasteiger partial charge is 0.479 e. The number of anilines is 2. The predicted molar refractivity (Wildman–Crippen MR) is 108 cm³/mol. The van der Waals surface area contributed by atoms with Crippen LogP contribution in [0.15, 0.2) is 66.8 Å². The molecule has 0 aliphatic carbocycles. The maximum Gasteiger partial charge on any atom is 0.268 e. The molecule has 5 heteroatoms. The Bertz CT molecular complexity index is 903. The molecule has 138 valence electrons. The summed E-state index contributed by atoms with van der Waals surface area (Å²) < 4.78 is 5.72. The maximum absolute atomic E-state index is 12.4. The first-order valence-corrected chi connectivity index (χ1v) is 8.74. The first kappa shape index (κ1) is 18.5. The average Bonchev–Trinajstić information content (AvgIpc) is 2.64. The van der Waals surface area contributed by atoms with Crippen LogP contribution in [0.2, 0.25) is 0 Å². The minimum atomic E-state index is -0.583. The van der Waals surface area contributed by atoms with E-state index in [1.807, 2.05) is 37.3 Å². The van der Waals surface area contributed by atoms with Gasteiger partial charge in [-0.1, -0.05) is 42.5 Å². The Kier molecular flexibility index (Phi) is 5.41. The predicted octanol–water partition coefficient (Wildman–Crippen LogP) is 4.03. The second-order valence-electron chi connectivity index (χ2n) is 6.56. The fourth-order valence-corrected chi connectivity index (χ4v) is 2.84. The molecule has 0 radical (unpaired) electrons. The highest BCUT2D eigenvalue weighted by Crippen LogP contribution is 2.36. The highest BCUT2D eigenvalue weighted by atomic mass is 16.5. The maximum atomic E-state index is 12.4. The van der Waals surface area contributed by atoms with Gasteiger partial charge in [-0.05, 0) is 37.6 Å². The number of carbonyl (C=O) groups excluding carboxylic acids is 2. The molecule has 1 atom stereocenters.